The third-order valence-electron chi connectivity index (χ3n) is 3.11. The molecule has 0 aliphatic rings. The van der Waals surface area contributed by atoms with Gasteiger partial charge in [-0.1, -0.05) is 24.3 Å². The summed E-state index contributed by atoms with van der Waals surface area (Å²) >= 11 is 1.43. The average molecular weight is 333 g/mol. The molecule has 0 atom stereocenters. The summed E-state index contributed by atoms with van der Waals surface area (Å²) in [6.45, 7) is 1.89. The molecule has 5 N–H and O–H groups in total. The molecule has 122 valence electrons. The van der Waals surface area contributed by atoms with Gasteiger partial charge in [0.15, 0.2) is 5.13 Å². The van der Waals surface area contributed by atoms with E-state index < -0.39 is 6.03 Å². The van der Waals surface area contributed by atoms with Gasteiger partial charge >= 0.3 is 6.03 Å². The molecule has 0 unspecified atom stereocenters. The first-order valence-electron chi connectivity index (χ1n) is 7.11. The quantitative estimate of drug-likeness (QED) is 0.365. The van der Waals surface area contributed by atoms with Gasteiger partial charge in [0.25, 0.3) is 0 Å². The van der Waals surface area contributed by atoms with E-state index in [1.54, 1.807) is 0 Å². The lowest BCUT2D eigenvalue weighted by Crippen LogP contribution is -2.39. The maximum Gasteiger partial charge on any atom is 0.329 e. The standard InChI is InChI=1S/C15H19N5O2S/c1-10(21)18-15-19-13(9-23-15)7-6-11-2-4-12(5-3-11)8-17-14(22)20-16/h2-5,9H,6-8,16H2,1H3,(H2,17,20,22)(H,18,19,21). The molecule has 1 aromatic carbocycles. The van der Waals surface area contributed by atoms with Crippen molar-refractivity contribution >= 4 is 28.4 Å². The summed E-state index contributed by atoms with van der Waals surface area (Å²) < 4.78 is 0. The zero-order valence-electron chi connectivity index (χ0n) is 12.8. The van der Waals surface area contributed by atoms with Gasteiger partial charge in [0, 0.05) is 18.8 Å². The van der Waals surface area contributed by atoms with E-state index in [1.165, 1.54) is 23.8 Å². The highest BCUT2D eigenvalue weighted by molar-refractivity contribution is 7.13. The van der Waals surface area contributed by atoms with E-state index in [1.807, 2.05) is 35.1 Å². The van der Waals surface area contributed by atoms with Crippen molar-refractivity contribution in [2.45, 2.75) is 26.3 Å². The number of aryl methyl sites for hydroxylation is 2. The van der Waals surface area contributed by atoms with Crippen molar-refractivity contribution in [1.82, 2.24) is 15.7 Å². The van der Waals surface area contributed by atoms with E-state index >= 15 is 0 Å². The van der Waals surface area contributed by atoms with Gasteiger partial charge in [-0.15, -0.1) is 11.3 Å². The number of carbonyl (C=O) groups excluding carboxylic acids is 2. The van der Waals surface area contributed by atoms with Crippen LogP contribution in [0.5, 0.6) is 0 Å². The SMILES string of the molecule is CC(=O)Nc1nc(CCc2ccc(CNC(=O)NN)cc2)cs1. The van der Waals surface area contributed by atoms with Crippen LogP contribution in [0.4, 0.5) is 9.93 Å². The van der Waals surface area contributed by atoms with Gasteiger partial charge < -0.3 is 10.6 Å². The Labute approximate surface area is 138 Å². The third kappa shape index (κ3) is 5.68. The number of urea groups is 1. The Morgan fingerprint density at radius 2 is 1.87 bits per heavy atom. The number of amides is 3. The van der Waals surface area contributed by atoms with Crippen LogP contribution in [0, 0.1) is 0 Å². The zero-order chi connectivity index (χ0) is 16.7. The number of thiazole rings is 1. The molecule has 1 heterocycles. The molecule has 7 nitrogen and oxygen atoms in total. The zero-order valence-corrected chi connectivity index (χ0v) is 13.6. The minimum Gasteiger partial charge on any atom is -0.333 e. The summed E-state index contributed by atoms with van der Waals surface area (Å²) in [4.78, 5) is 26.3. The highest BCUT2D eigenvalue weighted by Crippen LogP contribution is 2.17. The average Bonchev–Trinajstić information content (AvgIpc) is 2.98. The maximum atomic E-state index is 11.0. The number of nitrogens with zero attached hydrogens (tertiary/aromatic N) is 1. The minimum atomic E-state index is -0.410. The van der Waals surface area contributed by atoms with E-state index in [2.05, 4.69) is 15.6 Å². The van der Waals surface area contributed by atoms with Crippen molar-refractivity contribution in [3.8, 4) is 0 Å². The lowest BCUT2D eigenvalue weighted by Gasteiger charge is -2.05. The molecule has 0 saturated carbocycles. The monoisotopic (exact) mass is 333 g/mol. The first-order chi connectivity index (χ1) is 11.1. The third-order valence-corrected chi connectivity index (χ3v) is 3.92. The molecule has 0 fully saturated rings. The molecule has 23 heavy (non-hydrogen) atoms. The van der Waals surface area contributed by atoms with Crippen molar-refractivity contribution < 1.29 is 9.59 Å². The minimum absolute atomic E-state index is 0.113. The van der Waals surface area contributed by atoms with Crippen molar-refractivity contribution in [3.63, 3.8) is 0 Å². The van der Waals surface area contributed by atoms with Gasteiger partial charge in [-0.25, -0.2) is 15.6 Å². The molecule has 0 bridgehead atoms. The predicted octanol–water partition coefficient (Wildman–Crippen LogP) is 1.56. The van der Waals surface area contributed by atoms with Gasteiger partial charge in [0.2, 0.25) is 5.91 Å². The number of nitrogens with two attached hydrogens (primary N) is 1. The fourth-order valence-electron chi connectivity index (χ4n) is 1.96. The second kappa shape index (κ2) is 8.25. The van der Waals surface area contributed by atoms with E-state index in [4.69, 9.17) is 5.84 Å². The molecule has 0 saturated heterocycles. The van der Waals surface area contributed by atoms with E-state index in [0.29, 0.717) is 11.7 Å². The fraction of sp³-hybridized carbons (Fsp3) is 0.267. The molecule has 0 spiro atoms. The highest BCUT2D eigenvalue weighted by atomic mass is 32.1. The number of hydrogen-bond acceptors (Lipinski definition) is 5. The summed E-state index contributed by atoms with van der Waals surface area (Å²) in [6.07, 6.45) is 1.67. The van der Waals surface area contributed by atoms with Crippen LogP contribution >= 0.6 is 11.3 Å². The molecular weight excluding hydrogens is 314 g/mol. The largest absolute Gasteiger partial charge is 0.333 e. The summed E-state index contributed by atoms with van der Waals surface area (Å²) in [5.74, 6) is 4.88. The lowest BCUT2D eigenvalue weighted by molar-refractivity contribution is -0.114. The second-order valence-electron chi connectivity index (χ2n) is 4.97. The van der Waals surface area contributed by atoms with Crippen LogP contribution in [0.2, 0.25) is 0 Å². The van der Waals surface area contributed by atoms with Crippen LogP contribution in [-0.4, -0.2) is 16.9 Å². The number of benzene rings is 1. The number of rotatable bonds is 6. The lowest BCUT2D eigenvalue weighted by atomic mass is 10.1. The Kier molecular flexibility index (Phi) is 6.07. The smallest absolute Gasteiger partial charge is 0.329 e. The topological polar surface area (TPSA) is 109 Å². The van der Waals surface area contributed by atoms with Gasteiger partial charge in [0.1, 0.15) is 0 Å². The van der Waals surface area contributed by atoms with Crippen LogP contribution in [0.3, 0.4) is 0 Å². The number of nitrogens with one attached hydrogen (secondary N) is 3. The van der Waals surface area contributed by atoms with Crippen molar-refractivity contribution in [2.24, 2.45) is 5.84 Å². The second-order valence-corrected chi connectivity index (χ2v) is 5.83. The number of hydrazine groups is 1. The first kappa shape index (κ1) is 16.9. The Morgan fingerprint density at radius 3 is 2.52 bits per heavy atom. The Balaban J connectivity index is 1.82. The molecule has 2 rings (SSSR count). The molecule has 3 amide bonds. The van der Waals surface area contributed by atoms with Gasteiger partial charge in [0.05, 0.1) is 5.69 Å². The van der Waals surface area contributed by atoms with Crippen LogP contribution < -0.4 is 21.9 Å². The van der Waals surface area contributed by atoms with Gasteiger partial charge in [-0.05, 0) is 24.0 Å². The van der Waals surface area contributed by atoms with Crippen LogP contribution in [0.15, 0.2) is 29.6 Å². The summed E-state index contributed by atoms with van der Waals surface area (Å²) in [5.41, 5.74) is 5.16. The van der Waals surface area contributed by atoms with E-state index in [0.717, 1.165) is 24.1 Å². The molecule has 0 aliphatic heterocycles. The molecule has 1 aromatic heterocycles. The summed E-state index contributed by atoms with van der Waals surface area (Å²) in [7, 11) is 0. The molecule has 0 radical (unpaired) electrons. The normalized spacial score (nSPS) is 10.2. The molecule has 2 aromatic rings. The fourth-order valence-corrected chi connectivity index (χ4v) is 2.75. The predicted molar refractivity (Wildman–Crippen MR) is 89.8 cm³/mol. The van der Waals surface area contributed by atoms with Crippen molar-refractivity contribution in [3.05, 3.63) is 46.5 Å². The number of hydrogen-bond donors (Lipinski definition) is 4. The number of carbonyl (C=O) groups is 2. The van der Waals surface area contributed by atoms with Crippen molar-refractivity contribution in [2.75, 3.05) is 5.32 Å². The molecule has 0 aliphatic carbocycles. The number of anilines is 1. The Morgan fingerprint density at radius 1 is 1.17 bits per heavy atom. The van der Waals surface area contributed by atoms with Crippen LogP contribution in [0.1, 0.15) is 23.7 Å². The molecule has 8 heteroatoms. The van der Waals surface area contributed by atoms with Gasteiger partial charge in [-0.3, -0.25) is 10.2 Å². The molecular formula is C15H19N5O2S. The highest BCUT2D eigenvalue weighted by Gasteiger charge is 2.04. The Hall–Kier alpha value is -2.45. The van der Waals surface area contributed by atoms with E-state index in [9.17, 15) is 9.59 Å². The van der Waals surface area contributed by atoms with Crippen molar-refractivity contribution in [1.29, 1.82) is 0 Å². The maximum absolute atomic E-state index is 11.0. The van der Waals surface area contributed by atoms with Gasteiger partial charge in [-0.2, -0.15) is 0 Å². The first-order valence-corrected chi connectivity index (χ1v) is 7.99. The number of aromatic nitrogens is 1. The van der Waals surface area contributed by atoms with Crippen LogP contribution in [0.25, 0.3) is 0 Å². The van der Waals surface area contributed by atoms with E-state index in [-0.39, 0.29) is 5.91 Å². The van der Waals surface area contributed by atoms with Crippen LogP contribution in [-0.2, 0) is 24.2 Å². The Bertz CT molecular complexity index is 669. The summed E-state index contributed by atoms with van der Waals surface area (Å²) in [6, 6.07) is 7.58. The summed E-state index contributed by atoms with van der Waals surface area (Å²) in [5, 5.41) is 7.89.